The highest BCUT2D eigenvalue weighted by atomic mass is 32.1. The Morgan fingerprint density at radius 2 is 1.39 bits per heavy atom. The average Bonchev–Trinajstić information content (AvgIpc) is 2.82. The van der Waals surface area contributed by atoms with Gasteiger partial charge in [-0.25, -0.2) is 0 Å². The van der Waals surface area contributed by atoms with Crippen LogP contribution in [-0.2, 0) is 5.41 Å². The predicted octanol–water partition coefficient (Wildman–Crippen LogP) is 6.40. The second-order valence-corrected chi connectivity index (χ2v) is 10.4. The van der Waals surface area contributed by atoms with Crippen LogP contribution in [0.25, 0.3) is 0 Å². The number of anilines is 2. The Kier molecular flexibility index (Phi) is 8.83. The zero-order chi connectivity index (χ0) is 26.3. The summed E-state index contributed by atoms with van der Waals surface area (Å²) in [6, 6.07) is 21.6. The first-order chi connectivity index (χ1) is 17.0. The van der Waals surface area contributed by atoms with Crippen molar-refractivity contribution in [1.82, 2.24) is 5.32 Å². The molecule has 0 fully saturated rings. The van der Waals surface area contributed by atoms with E-state index < -0.39 is 0 Å². The molecular weight excluding hydrogens is 470 g/mol. The van der Waals surface area contributed by atoms with Gasteiger partial charge in [-0.2, -0.15) is 0 Å². The van der Waals surface area contributed by atoms with Crippen LogP contribution in [0, 0.1) is 5.92 Å². The van der Waals surface area contributed by atoms with Crippen molar-refractivity contribution in [2.45, 2.75) is 40.0 Å². The minimum absolute atomic E-state index is 0.0220. The fraction of sp³-hybridized carbons (Fsp3) is 0.276. The van der Waals surface area contributed by atoms with Crippen molar-refractivity contribution in [3.63, 3.8) is 0 Å². The maximum Gasteiger partial charge on any atom is 0.257 e. The van der Waals surface area contributed by atoms with Crippen molar-refractivity contribution in [1.29, 1.82) is 0 Å². The van der Waals surface area contributed by atoms with Crippen molar-refractivity contribution >= 4 is 40.5 Å². The lowest BCUT2D eigenvalue weighted by molar-refractivity contribution is 0.0976. The molecule has 0 spiro atoms. The number of carbonyl (C=O) groups is 2. The number of hydrogen-bond donors (Lipinski definition) is 3. The minimum atomic E-state index is -0.328. The molecule has 0 aromatic heterocycles. The summed E-state index contributed by atoms with van der Waals surface area (Å²) in [6.45, 7) is 11.2. The highest BCUT2D eigenvalue weighted by molar-refractivity contribution is 7.80. The zero-order valence-corrected chi connectivity index (χ0v) is 22.2. The van der Waals surface area contributed by atoms with E-state index in [1.54, 1.807) is 48.5 Å². The van der Waals surface area contributed by atoms with Crippen LogP contribution in [-0.4, -0.2) is 23.5 Å². The van der Waals surface area contributed by atoms with Gasteiger partial charge >= 0.3 is 0 Å². The van der Waals surface area contributed by atoms with Gasteiger partial charge < -0.3 is 15.4 Å². The fourth-order valence-corrected chi connectivity index (χ4v) is 3.51. The molecule has 0 atom stereocenters. The Balaban J connectivity index is 1.56. The van der Waals surface area contributed by atoms with Crippen molar-refractivity contribution < 1.29 is 14.3 Å². The fourth-order valence-electron chi connectivity index (χ4n) is 3.30. The largest absolute Gasteiger partial charge is 0.493 e. The molecule has 3 N–H and O–H groups in total. The van der Waals surface area contributed by atoms with Gasteiger partial charge in [-0.15, -0.1) is 0 Å². The Bertz CT molecular complexity index is 1210. The SMILES string of the molecule is CC(C)COc1ccc(C(=O)NC(=S)Nc2cccc(NC(=O)c3ccc(C(C)(C)C)cc3)c2)cc1. The van der Waals surface area contributed by atoms with Crippen molar-refractivity contribution in [3.8, 4) is 5.75 Å². The Labute approximate surface area is 218 Å². The van der Waals surface area contributed by atoms with Gasteiger partial charge in [0.2, 0.25) is 0 Å². The number of hydrogen-bond acceptors (Lipinski definition) is 4. The van der Waals surface area contributed by atoms with Gasteiger partial charge in [0.25, 0.3) is 11.8 Å². The monoisotopic (exact) mass is 503 g/mol. The van der Waals surface area contributed by atoms with Gasteiger partial charge in [0, 0.05) is 22.5 Å². The first kappa shape index (κ1) is 26.9. The maximum atomic E-state index is 12.7. The lowest BCUT2D eigenvalue weighted by Crippen LogP contribution is -2.34. The summed E-state index contributed by atoms with van der Waals surface area (Å²) in [5.74, 6) is 0.601. The van der Waals surface area contributed by atoms with E-state index in [1.165, 1.54) is 0 Å². The average molecular weight is 504 g/mol. The van der Waals surface area contributed by atoms with Gasteiger partial charge in [-0.3, -0.25) is 14.9 Å². The molecule has 3 aromatic rings. The number of nitrogens with one attached hydrogen (secondary N) is 3. The first-order valence-electron chi connectivity index (χ1n) is 11.9. The molecule has 7 heteroatoms. The van der Waals surface area contributed by atoms with E-state index in [9.17, 15) is 9.59 Å². The highest BCUT2D eigenvalue weighted by Crippen LogP contribution is 2.23. The number of carbonyl (C=O) groups excluding carboxylic acids is 2. The molecule has 36 heavy (non-hydrogen) atoms. The van der Waals surface area contributed by atoms with Crippen molar-refractivity contribution in [3.05, 3.63) is 89.5 Å². The molecule has 0 unspecified atom stereocenters. The summed E-state index contributed by atoms with van der Waals surface area (Å²) < 4.78 is 5.65. The Morgan fingerprint density at radius 1 is 0.833 bits per heavy atom. The summed E-state index contributed by atoms with van der Waals surface area (Å²) in [4.78, 5) is 25.2. The first-order valence-corrected chi connectivity index (χ1v) is 12.3. The van der Waals surface area contributed by atoms with Crippen molar-refractivity contribution in [2.24, 2.45) is 5.92 Å². The summed E-state index contributed by atoms with van der Waals surface area (Å²) in [6.07, 6.45) is 0. The van der Waals surface area contributed by atoms with Gasteiger partial charge in [0.15, 0.2) is 5.11 Å². The number of rotatable bonds is 7. The lowest BCUT2D eigenvalue weighted by Gasteiger charge is -2.19. The molecule has 0 saturated heterocycles. The standard InChI is InChI=1S/C29H33N3O3S/c1-19(2)18-35-25-15-11-21(12-16-25)27(34)32-28(36)31-24-8-6-7-23(17-24)30-26(33)20-9-13-22(14-10-20)29(3,4)5/h6-17,19H,18H2,1-5H3,(H,30,33)(H2,31,32,34,36). The number of ether oxygens (including phenoxy) is 1. The highest BCUT2D eigenvalue weighted by Gasteiger charge is 2.15. The maximum absolute atomic E-state index is 12.7. The van der Waals surface area contributed by atoms with Crippen LogP contribution >= 0.6 is 12.2 Å². The van der Waals surface area contributed by atoms with E-state index in [1.807, 2.05) is 24.3 Å². The molecule has 0 radical (unpaired) electrons. The van der Waals surface area contributed by atoms with Crippen LogP contribution in [0.5, 0.6) is 5.75 Å². The lowest BCUT2D eigenvalue weighted by atomic mass is 9.87. The van der Waals surface area contributed by atoms with Gasteiger partial charge in [0.1, 0.15) is 5.75 Å². The van der Waals surface area contributed by atoms with E-state index >= 15 is 0 Å². The molecule has 0 bridgehead atoms. The molecule has 0 heterocycles. The number of amides is 2. The predicted molar refractivity (Wildman–Crippen MR) is 150 cm³/mol. The van der Waals surface area contributed by atoms with E-state index in [4.69, 9.17) is 17.0 Å². The van der Waals surface area contributed by atoms with Gasteiger partial charge in [0.05, 0.1) is 6.61 Å². The molecule has 188 valence electrons. The normalized spacial score (nSPS) is 11.1. The topological polar surface area (TPSA) is 79.5 Å². The molecule has 3 rings (SSSR count). The molecular formula is C29H33N3O3S. The second kappa shape index (κ2) is 11.8. The Morgan fingerprint density at radius 3 is 1.97 bits per heavy atom. The number of thiocarbonyl (C=S) groups is 1. The molecule has 6 nitrogen and oxygen atoms in total. The summed E-state index contributed by atoms with van der Waals surface area (Å²) in [5, 5.41) is 8.71. The summed E-state index contributed by atoms with van der Waals surface area (Å²) in [7, 11) is 0. The molecule has 3 aromatic carbocycles. The summed E-state index contributed by atoms with van der Waals surface area (Å²) in [5.41, 5.74) is 3.47. The van der Waals surface area contributed by atoms with Gasteiger partial charge in [-0.1, -0.05) is 52.8 Å². The van der Waals surface area contributed by atoms with Crippen LogP contribution in [0.2, 0.25) is 0 Å². The van der Waals surface area contributed by atoms with Crippen LogP contribution < -0.4 is 20.7 Å². The van der Waals surface area contributed by atoms with Crippen LogP contribution in [0.15, 0.2) is 72.8 Å². The molecule has 0 aliphatic heterocycles. The van der Waals surface area contributed by atoms with Crippen LogP contribution in [0.3, 0.4) is 0 Å². The Hall–Kier alpha value is -3.71. The van der Waals surface area contributed by atoms with Crippen LogP contribution in [0.1, 0.15) is 60.9 Å². The quantitative estimate of drug-likeness (QED) is 0.325. The molecule has 0 saturated carbocycles. The van der Waals surface area contributed by atoms with E-state index in [2.05, 4.69) is 50.6 Å². The molecule has 0 aliphatic carbocycles. The smallest absolute Gasteiger partial charge is 0.257 e. The van der Waals surface area contributed by atoms with Gasteiger partial charge in [-0.05, 0) is 83.7 Å². The molecule has 2 amide bonds. The molecule has 0 aliphatic rings. The van der Waals surface area contributed by atoms with Crippen molar-refractivity contribution in [2.75, 3.05) is 17.2 Å². The minimum Gasteiger partial charge on any atom is -0.493 e. The third-order valence-corrected chi connectivity index (χ3v) is 5.52. The zero-order valence-electron chi connectivity index (χ0n) is 21.3. The van der Waals surface area contributed by atoms with Crippen LogP contribution in [0.4, 0.5) is 11.4 Å². The van der Waals surface area contributed by atoms with E-state index in [0.717, 1.165) is 5.56 Å². The second-order valence-electron chi connectivity index (χ2n) is 10.00. The van der Waals surface area contributed by atoms with E-state index in [0.29, 0.717) is 40.8 Å². The summed E-state index contributed by atoms with van der Waals surface area (Å²) >= 11 is 5.30. The third kappa shape index (κ3) is 7.92. The third-order valence-electron chi connectivity index (χ3n) is 5.32. The van der Waals surface area contributed by atoms with E-state index in [-0.39, 0.29) is 22.3 Å². The number of benzene rings is 3.